The highest BCUT2D eigenvalue weighted by molar-refractivity contribution is 5.21. The summed E-state index contributed by atoms with van der Waals surface area (Å²) in [6.07, 6.45) is 1.24. The van der Waals surface area contributed by atoms with Gasteiger partial charge < -0.3 is 10.2 Å². The van der Waals surface area contributed by atoms with Crippen LogP contribution in [0.25, 0.3) is 0 Å². The number of nitrogens with one attached hydrogen (secondary N) is 1. The van der Waals surface area contributed by atoms with Crippen molar-refractivity contribution in [3.63, 3.8) is 0 Å². The summed E-state index contributed by atoms with van der Waals surface area (Å²) in [4.78, 5) is 2.32. The predicted octanol–water partition coefficient (Wildman–Crippen LogP) is 1.65. The quantitative estimate of drug-likeness (QED) is 0.763. The average Bonchev–Trinajstić information content (AvgIpc) is 2.67. The maximum absolute atomic E-state index is 3.56. The largest absolute Gasteiger partial charge is 0.309 e. The fourth-order valence-corrected chi connectivity index (χ4v) is 2.25. The Balaban J connectivity index is 2.18. The highest BCUT2D eigenvalue weighted by Crippen LogP contribution is 2.26. The van der Waals surface area contributed by atoms with Crippen molar-refractivity contribution >= 4 is 0 Å². The third kappa shape index (κ3) is 1.81. The Bertz CT molecular complexity index is 282. The van der Waals surface area contributed by atoms with E-state index in [0.29, 0.717) is 12.1 Å². The first-order valence-electron chi connectivity index (χ1n) is 5.24. The van der Waals surface area contributed by atoms with E-state index in [0.717, 1.165) is 6.54 Å². The minimum absolute atomic E-state index is 0.506. The fourth-order valence-electron chi connectivity index (χ4n) is 2.25. The van der Waals surface area contributed by atoms with Gasteiger partial charge in [0, 0.05) is 12.1 Å². The van der Waals surface area contributed by atoms with Crippen LogP contribution in [0.1, 0.15) is 18.0 Å². The van der Waals surface area contributed by atoms with E-state index in [4.69, 9.17) is 0 Å². The summed E-state index contributed by atoms with van der Waals surface area (Å²) in [7, 11) is 4.32. The lowest BCUT2D eigenvalue weighted by atomic mass is 10.0. The molecule has 76 valence electrons. The summed E-state index contributed by atoms with van der Waals surface area (Å²) >= 11 is 0. The van der Waals surface area contributed by atoms with Gasteiger partial charge in [-0.3, -0.25) is 0 Å². The minimum atomic E-state index is 0.506. The molecule has 1 saturated heterocycles. The van der Waals surface area contributed by atoms with E-state index in [2.05, 4.69) is 54.6 Å². The summed E-state index contributed by atoms with van der Waals surface area (Å²) in [6.45, 7) is 1.13. The van der Waals surface area contributed by atoms with Crippen molar-refractivity contribution < 1.29 is 0 Å². The number of benzene rings is 1. The second-order valence-corrected chi connectivity index (χ2v) is 4.16. The summed E-state index contributed by atoms with van der Waals surface area (Å²) < 4.78 is 0. The molecule has 0 bridgehead atoms. The molecule has 0 aliphatic carbocycles. The molecule has 0 aromatic heterocycles. The van der Waals surface area contributed by atoms with Crippen LogP contribution in [0.3, 0.4) is 0 Å². The zero-order chi connectivity index (χ0) is 9.97. The zero-order valence-corrected chi connectivity index (χ0v) is 8.90. The van der Waals surface area contributed by atoms with Crippen LogP contribution in [-0.2, 0) is 0 Å². The van der Waals surface area contributed by atoms with Gasteiger partial charge in [-0.2, -0.15) is 0 Å². The van der Waals surface area contributed by atoms with Crippen molar-refractivity contribution in [2.45, 2.75) is 18.5 Å². The molecular formula is C12H18N2. The summed E-state index contributed by atoms with van der Waals surface area (Å²) in [5, 5.41) is 3.56. The Morgan fingerprint density at radius 2 is 1.93 bits per heavy atom. The molecule has 2 heteroatoms. The molecule has 1 fully saturated rings. The monoisotopic (exact) mass is 190 g/mol. The van der Waals surface area contributed by atoms with Gasteiger partial charge in [0.15, 0.2) is 0 Å². The SMILES string of the molecule is CN(C)[C@H]1CCN[C@@H]1c1ccccc1. The van der Waals surface area contributed by atoms with E-state index >= 15 is 0 Å². The van der Waals surface area contributed by atoms with Gasteiger partial charge in [-0.05, 0) is 32.6 Å². The first-order valence-corrected chi connectivity index (χ1v) is 5.24. The Morgan fingerprint density at radius 3 is 2.57 bits per heavy atom. The van der Waals surface area contributed by atoms with Gasteiger partial charge in [0.2, 0.25) is 0 Å². The standard InChI is InChI=1S/C12H18N2/c1-14(2)11-8-9-13-12(11)10-6-4-3-5-7-10/h3-7,11-13H,8-9H2,1-2H3/t11-,12+/m0/s1. The summed E-state index contributed by atoms with van der Waals surface area (Å²) in [6, 6.07) is 11.9. The van der Waals surface area contributed by atoms with Gasteiger partial charge in [-0.15, -0.1) is 0 Å². The molecule has 0 unspecified atom stereocenters. The van der Waals surface area contributed by atoms with Crippen LogP contribution in [0.5, 0.6) is 0 Å². The first kappa shape index (κ1) is 9.69. The lowest BCUT2D eigenvalue weighted by Gasteiger charge is -2.26. The van der Waals surface area contributed by atoms with Gasteiger partial charge in [0.05, 0.1) is 0 Å². The molecule has 2 atom stereocenters. The molecule has 2 nitrogen and oxygen atoms in total. The second-order valence-electron chi connectivity index (χ2n) is 4.16. The van der Waals surface area contributed by atoms with E-state index in [1.54, 1.807) is 0 Å². The Labute approximate surface area is 85.9 Å². The molecule has 2 rings (SSSR count). The third-order valence-electron chi connectivity index (χ3n) is 3.01. The Morgan fingerprint density at radius 1 is 1.21 bits per heavy atom. The predicted molar refractivity (Wildman–Crippen MR) is 59.3 cm³/mol. The van der Waals surface area contributed by atoms with E-state index in [-0.39, 0.29) is 0 Å². The Kier molecular flexibility index (Phi) is 2.85. The highest BCUT2D eigenvalue weighted by Gasteiger charge is 2.29. The van der Waals surface area contributed by atoms with Crippen LogP contribution in [0.4, 0.5) is 0 Å². The van der Waals surface area contributed by atoms with Crippen molar-refractivity contribution in [1.82, 2.24) is 10.2 Å². The van der Waals surface area contributed by atoms with Crippen LogP contribution in [0.2, 0.25) is 0 Å². The number of nitrogens with zero attached hydrogens (tertiary/aromatic N) is 1. The average molecular weight is 190 g/mol. The topological polar surface area (TPSA) is 15.3 Å². The van der Waals surface area contributed by atoms with Gasteiger partial charge in [-0.1, -0.05) is 30.3 Å². The van der Waals surface area contributed by atoms with Gasteiger partial charge in [-0.25, -0.2) is 0 Å². The molecule has 1 aromatic rings. The lowest BCUT2D eigenvalue weighted by Crippen LogP contribution is -2.33. The molecule has 0 radical (unpaired) electrons. The van der Waals surface area contributed by atoms with Crippen molar-refractivity contribution in [3.8, 4) is 0 Å². The van der Waals surface area contributed by atoms with E-state index in [1.165, 1.54) is 12.0 Å². The number of hydrogen-bond donors (Lipinski definition) is 1. The van der Waals surface area contributed by atoms with Crippen LogP contribution in [0.15, 0.2) is 30.3 Å². The van der Waals surface area contributed by atoms with Crippen LogP contribution < -0.4 is 5.32 Å². The maximum Gasteiger partial charge on any atom is 0.0478 e. The molecule has 1 aliphatic heterocycles. The number of rotatable bonds is 2. The molecule has 1 aromatic carbocycles. The number of hydrogen-bond acceptors (Lipinski definition) is 2. The molecule has 0 spiro atoms. The lowest BCUT2D eigenvalue weighted by molar-refractivity contribution is 0.270. The van der Waals surface area contributed by atoms with Crippen LogP contribution >= 0.6 is 0 Å². The van der Waals surface area contributed by atoms with Gasteiger partial charge in [0.1, 0.15) is 0 Å². The van der Waals surface area contributed by atoms with E-state index < -0.39 is 0 Å². The van der Waals surface area contributed by atoms with Crippen LogP contribution in [-0.4, -0.2) is 31.6 Å². The fraction of sp³-hybridized carbons (Fsp3) is 0.500. The summed E-state index contributed by atoms with van der Waals surface area (Å²) in [5.41, 5.74) is 1.41. The molecule has 0 amide bonds. The summed E-state index contributed by atoms with van der Waals surface area (Å²) in [5.74, 6) is 0. The van der Waals surface area contributed by atoms with Crippen molar-refractivity contribution in [1.29, 1.82) is 0 Å². The van der Waals surface area contributed by atoms with Crippen molar-refractivity contribution in [3.05, 3.63) is 35.9 Å². The maximum atomic E-state index is 3.56. The van der Waals surface area contributed by atoms with Crippen molar-refractivity contribution in [2.24, 2.45) is 0 Å². The molecular weight excluding hydrogens is 172 g/mol. The zero-order valence-electron chi connectivity index (χ0n) is 8.90. The normalized spacial score (nSPS) is 27.1. The molecule has 0 saturated carbocycles. The van der Waals surface area contributed by atoms with E-state index in [9.17, 15) is 0 Å². The second kappa shape index (κ2) is 4.11. The van der Waals surface area contributed by atoms with Gasteiger partial charge >= 0.3 is 0 Å². The molecule has 1 aliphatic rings. The Hall–Kier alpha value is -0.860. The third-order valence-corrected chi connectivity index (χ3v) is 3.01. The van der Waals surface area contributed by atoms with Gasteiger partial charge in [0.25, 0.3) is 0 Å². The first-order chi connectivity index (χ1) is 6.79. The van der Waals surface area contributed by atoms with E-state index in [1.807, 2.05) is 0 Å². The highest BCUT2D eigenvalue weighted by atomic mass is 15.2. The van der Waals surface area contributed by atoms with Crippen molar-refractivity contribution in [2.75, 3.05) is 20.6 Å². The van der Waals surface area contributed by atoms with Crippen LogP contribution in [0, 0.1) is 0 Å². The molecule has 1 heterocycles. The smallest absolute Gasteiger partial charge is 0.0478 e. The molecule has 14 heavy (non-hydrogen) atoms. The minimum Gasteiger partial charge on any atom is -0.309 e. The number of likely N-dealkylation sites (N-methyl/N-ethyl adjacent to an activating group) is 1. The molecule has 1 N–H and O–H groups in total.